The van der Waals surface area contributed by atoms with Gasteiger partial charge in [-0.15, -0.1) is 0 Å². The predicted molar refractivity (Wildman–Crippen MR) is 84.8 cm³/mol. The van der Waals surface area contributed by atoms with Crippen LogP contribution in [0, 0.1) is 6.92 Å². The van der Waals surface area contributed by atoms with E-state index in [1.807, 2.05) is 13.0 Å². The molecule has 0 saturated carbocycles. The lowest BCUT2D eigenvalue weighted by atomic mass is 10.1. The van der Waals surface area contributed by atoms with Crippen molar-refractivity contribution in [3.8, 4) is 11.5 Å². The summed E-state index contributed by atoms with van der Waals surface area (Å²) in [6.45, 7) is 1.65. The van der Waals surface area contributed by atoms with Gasteiger partial charge in [0.05, 0.1) is 4.91 Å². The van der Waals surface area contributed by atoms with Crippen molar-refractivity contribution in [1.82, 2.24) is 4.90 Å². The first-order valence-electron chi connectivity index (χ1n) is 6.33. The third-order valence-electron chi connectivity index (χ3n) is 3.21. The number of carbonyl (C=O) groups is 2. The molecular weight excluding hydrogens is 326 g/mol. The number of fused-ring (bicyclic) bond motifs is 1. The van der Waals surface area contributed by atoms with Crippen molar-refractivity contribution in [1.29, 1.82) is 0 Å². The third-order valence-corrected chi connectivity index (χ3v) is 4.59. The van der Waals surface area contributed by atoms with E-state index in [4.69, 9.17) is 26.8 Å². The Morgan fingerprint density at radius 1 is 1.45 bits per heavy atom. The molecular formula is C14H11NO5S2. The van der Waals surface area contributed by atoms with Crippen molar-refractivity contribution in [3.05, 3.63) is 28.2 Å². The monoisotopic (exact) mass is 337 g/mol. The van der Waals surface area contributed by atoms with E-state index in [-0.39, 0.29) is 11.1 Å². The molecule has 1 aromatic carbocycles. The van der Waals surface area contributed by atoms with Crippen molar-refractivity contribution >= 4 is 46.3 Å². The van der Waals surface area contributed by atoms with Crippen LogP contribution in [-0.4, -0.2) is 39.5 Å². The van der Waals surface area contributed by atoms with Crippen LogP contribution in [-0.2, 0) is 9.59 Å². The molecule has 1 amide bonds. The van der Waals surface area contributed by atoms with Crippen LogP contribution in [0.4, 0.5) is 0 Å². The average molecular weight is 337 g/mol. The molecule has 1 aromatic rings. The fraction of sp³-hybridized carbons (Fsp3) is 0.214. The molecule has 0 unspecified atom stereocenters. The number of carboxylic acids is 1. The second kappa shape index (κ2) is 5.62. The van der Waals surface area contributed by atoms with Crippen LogP contribution in [0.2, 0.25) is 0 Å². The molecule has 8 heteroatoms. The van der Waals surface area contributed by atoms with Gasteiger partial charge in [-0.2, -0.15) is 0 Å². The normalized spacial score (nSPS) is 18.4. The van der Waals surface area contributed by atoms with Crippen LogP contribution in [0.1, 0.15) is 11.1 Å². The highest BCUT2D eigenvalue weighted by molar-refractivity contribution is 8.26. The zero-order chi connectivity index (χ0) is 15.9. The summed E-state index contributed by atoms with van der Waals surface area (Å²) < 4.78 is 10.9. The van der Waals surface area contributed by atoms with Crippen LogP contribution in [0.5, 0.6) is 11.5 Å². The summed E-state index contributed by atoms with van der Waals surface area (Å²) in [5.74, 6) is -0.197. The van der Waals surface area contributed by atoms with Crippen molar-refractivity contribution < 1.29 is 24.2 Å². The molecule has 0 bridgehead atoms. The average Bonchev–Trinajstić information content (AvgIpc) is 2.99. The minimum Gasteiger partial charge on any atom is -0.480 e. The van der Waals surface area contributed by atoms with Gasteiger partial charge >= 0.3 is 5.97 Å². The number of carbonyl (C=O) groups excluding carboxylic acids is 1. The van der Waals surface area contributed by atoms with Crippen molar-refractivity contribution in [2.75, 3.05) is 13.3 Å². The smallest absolute Gasteiger partial charge is 0.323 e. The van der Waals surface area contributed by atoms with Crippen LogP contribution in [0.25, 0.3) is 6.08 Å². The quantitative estimate of drug-likeness (QED) is 0.668. The van der Waals surface area contributed by atoms with Crippen LogP contribution >= 0.6 is 24.0 Å². The molecule has 1 saturated heterocycles. The number of hydrogen-bond acceptors (Lipinski definition) is 6. The predicted octanol–water partition coefficient (Wildman–Crippen LogP) is 2.01. The van der Waals surface area contributed by atoms with E-state index in [1.165, 1.54) is 0 Å². The maximum Gasteiger partial charge on any atom is 0.323 e. The van der Waals surface area contributed by atoms with Gasteiger partial charge in [0.15, 0.2) is 11.5 Å². The van der Waals surface area contributed by atoms with Crippen molar-refractivity contribution in [3.63, 3.8) is 0 Å². The Morgan fingerprint density at radius 3 is 2.82 bits per heavy atom. The molecule has 1 fully saturated rings. The lowest BCUT2D eigenvalue weighted by Crippen LogP contribution is -2.33. The number of benzene rings is 1. The summed E-state index contributed by atoms with van der Waals surface area (Å²) >= 11 is 6.15. The largest absolute Gasteiger partial charge is 0.480 e. The van der Waals surface area contributed by atoms with Crippen LogP contribution in [0.3, 0.4) is 0 Å². The summed E-state index contributed by atoms with van der Waals surface area (Å²) in [7, 11) is 0. The Balaban J connectivity index is 1.91. The van der Waals surface area contributed by atoms with Crippen LogP contribution < -0.4 is 9.47 Å². The summed E-state index contributed by atoms with van der Waals surface area (Å²) in [6.07, 6.45) is 1.69. The van der Waals surface area contributed by atoms with Gasteiger partial charge in [-0.3, -0.25) is 14.5 Å². The molecule has 0 aliphatic carbocycles. The molecule has 2 heterocycles. The lowest BCUT2D eigenvalue weighted by molar-refractivity contribution is -0.140. The molecule has 22 heavy (non-hydrogen) atoms. The molecule has 3 rings (SSSR count). The van der Waals surface area contributed by atoms with Gasteiger partial charge in [0.2, 0.25) is 6.79 Å². The molecule has 1 N–H and O–H groups in total. The topological polar surface area (TPSA) is 76.1 Å². The first kappa shape index (κ1) is 14.9. The summed E-state index contributed by atoms with van der Waals surface area (Å²) in [5.41, 5.74) is 1.73. The molecule has 0 atom stereocenters. The Morgan fingerprint density at radius 2 is 2.14 bits per heavy atom. The highest BCUT2D eigenvalue weighted by Crippen LogP contribution is 2.37. The van der Waals surface area contributed by atoms with E-state index in [9.17, 15) is 9.59 Å². The highest BCUT2D eigenvalue weighted by Gasteiger charge is 2.33. The zero-order valence-corrected chi connectivity index (χ0v) is 13.1. The molecule has 0 aromatic heterocycles. The van der Waals surface area contributed by atoms with E-state index in [1.54, 1.807) is 12.1 Å². The van der Waals surface area contributed by atoms with Gasteiger partial charge < -0.3 is 14.6 Å². The molecule has 6 nitrogen and oxygen atoms in total. The third kappa shape index (κ3) is 2.67. The number of amides is 1. The van der Waals surface area contributed by atoms with Gasteiger partial charge in [-0.1, -0.05) is 24.0 Å². The molecule has 0 spiro atoms. The van der Waals surface area contributed by atoms with E-state index >= 15 is 0 Å². The van der Waals surface area contributed by atoms with Gasteiger partial charge in [0.25, 0.3) is 5.91 Å². The fourth-order valence-corrected chi connectivity index (χ4v) is 3.37. The Hall–Kier alpha value is -2.06. The Bertz CT molecular complexity index is 728. The summed E-state index contributed by atoms with van der Waals surface area (Å²) in [6, 6.07) is 3.63. The number of thiocarbonyl (C=S) groups is 1. The summed E-state index contributed by atoms with van der Waals surface area (Å²) in [4.78, 5) is 24.5. The Kier molecular flexibility index (Phi) is 3.79. The van der Waals surface area contributed by atoms with Crippen LogP contribution in [0.15, 0.2) is 17.0 Å². The zero-order valence-electron chi connectivity index (χ0n) is 11.5. The lowest BCUT2D eigenvalue weighted by Gasteiger charge is -2.10. The number of aryl methyl sites for hydroxylation is 1. The minimum absolute atomic E-state index is 0.180. The first-order chi connectivity index (χ1) is 10.5. The second-order valence-corrected chi connectivity index (χ2v) is 6.40. The number of rotatable bonds is 3. The first-order valence-corrected chi connectivity index (χ1v) is 7.55. The number of ether oxygens (including phenoxy) is 2. The molecule has 2 aliphatic rings. The number of hydrogen-bond donors (Lipinski definition) is 1. The van der Waals surface area contributed by atoms with Gasteiger partial charge in [-0.05, 0) is 36.3 Å². The van der Waals surface area contributed by atoms with Gasteiger partial charge in [0.1, 0.15) is 10.9 Å². The Labute approximate surface area is 135 Å². The highest BCUT2D eigenvalue weighted by atomic mass is 32.2. The minimum atomic E-state index is -1.10. The number of carboxylic acid groups (broad SMARTS) is 1. The second-order valence-electron chi connectivity index (χ2n) is 4.72. The SMILES string of the molecule is Cc1cc2c(cc1C=C1SC(=S)N(CC(=O)O)C1=O)OCO2. The molecule has 0 radical (unpaired) electrons. The van der Waals surface area contributed by atoms with Crippen molar-refractivity contribution in [2.24, 2.45) is 0 Å². The number of nitrogens with zero attached hydrogens (tertiary/aromatic N) is 1. The fourth-order valence-electron chi connectivity index (χ4n) is 2.13. The molecule has 2 aliphatic heterocycles. The summed E-state index contributed by atoms with van der Waals surface area (Å²) in [5, 5.41) is 8.82. The van der Waals surface area contributed by atoms with E-state index in [0.29, 0.717) is 16.4 Å². The van der Waals surface area contributed by atoms with Crippen molar-refractivity contribution in [2.45, 2.75) is 6.92 Å². The van der Waals surface area contributed by atoms with E-state index in [2.05, 4.69) is 0 Å². The van der Waals surface area contributed by atoms with Gasteiger partial charge in [0, 0.05) is 0 Å². The standard InChI is InChI=1S/C14H11NO5S2/c1-7-2-9-10(20-6-19-9)3-8(7)4-11-13(18)15(5-12(16)17)14(21)22-11/h2-4H,5-6H2,1H3,(H,16,17). The number of aliphatic carboxylic acids is 1. The maximum atomic E-state index is 12.2. The van der Waals surface area contributed by atoms with E-state index < -0.39 is 18.4 Å². The number of thioether (sulfide) groups is 1. The molecule has 114 valence electrons. The van der Waals surface area contributed by atoms with Gasteiger partial charge in [-0.25, -0.2) is 0 Å². The van der Waals surface area contributed by atoms with E-state index in [0.717, 1.165) is 27.8 Å². The maximum absolute atomic E-state index is 12.2.